The van der Waals surface area contributed by atoms with Gasteiger partial charge in [0, 0.05) is 12.1 Å². The third-order valence-corrected chi connectivity index (χ3v) is 3.98. The van der Waals surface area contributed by atoms with E-state index in [-0.39, 0.29) is 0 Å². The summed E-state index contributed by atoms with van der Waals surface area (Å²) in [5, 5.41) is 0. The molecule has 0 aromatic rings. The van der Waals surface area contributed by atoms with Crippen LogP contribution in [0.25, 0.3) is 0 Å². The SMILES string of the molecule is C=C1CN2CCCC2(C(C)(C)C)C1. The summed E-state index contributed by atoms with van der Waals surface area (Å²) in [5.74, 6) is 0. The molecule has 2 saturated heterocycles. The molecule has 2 aliphatic heterocycles. The Labute approximate surface area is 81.8 Å². The van der Waals surface area contributed by atoms with Crippen LogP contribution < -0.4 is 0 Å². The van der Waals surface area contributed by atoms with Gasteiger partial charge < -0.3 is 0 Å². The van der Waals surface area contributed by atoms with Crippen molar-refractivity contribution in [1.29, 1.82) is 0 Å². The topological polar surface area (TPSA) is 3.24 Å². The van der Waals surface area contributed by atoms with E-state index in [0.29, 0.717) is 11.0 Å². The Kier molecular flexibility index (Phi) is 1.85. The van der Waals surface area contributed by atoms with E-state index in [9.17, 15) is 0 Å². The molecule has 0 spiro atoms. The van der Waals surface area contributed by atoms with E-state index in [1.807, 2.05) is 0 Å². The van der Waals surface area contributed by atoms with Crippen LogP contribution in [0.15, 0.2) is 12.2 Å². The molecule has 2 rings (SSSR count). The lowest BCUT2D eigenvalue weighted by Crippen LogP contribution is -2.48. The van der Waals surface area contributed by atoms with Gasteiger partial charge in [0.15, 0.2) is 0 Å². The molecular weight excluding hydrogens is 158 g/mol. The highest BCUT2D eigenvalue weighted by Gasteiger charge is 2.52. The molecule has 13 heavy (non-hydrogen) atoms. The van der Waals surface area contributed by atoms with Gasteiger partial charge in [-0.1, -0.05) is 32.9 Å². The molecule has 0 aliphatic carbocycles. The van der Waals surface area contributed by atoms with E-state index in [4.69, 9.17) is 0 Å². The van der Waals surface area contributed by atoms with Crippen molar-refractivity contribution in [2.75, 3.05) is 13.1 Å². The molecule has 0 aromatic carbocycles. The van der Waals surface area contributed by atoms with Crippen LogP contribution in [0.2, 0.25) is 0 Å². The second-order valence-corrected chi connectivity index (χ2v) is 5.73. The van der Waals surface area contributed by atoms with Crippen molar-refractivity contribution in [3.8, 4) is 0 Å². The fourth-order valence-electron chi connectivity index (χ4n) is 3.22. The predicted octanol–water partition coefficient (Wildman–Crippen LogP) is 2.83. The van der Waals surface area contributed by atoms with Crippen LogP contribution >= 0.6 is 0 Å². The van der Waals surface area contributed by atoms with Gasteiger partial charge in [-0.2, -0.15) is 0 Å². The quantitative estimate of drug-likeness (QED) is 0.517. The molecule has 0 amide bonds. The van der Waals surface area contributed by atoms with Crippen LogP contribution in [0.5, 0.6) is 0 Å². The predicted molar refractivity (Wildman–Crippen MR) is 56.8 cm³/mol. The standard InChI is InChI=1S/C12H21N/c1-10-8-12(11(2,3)4)6-5-7-13(12)9-10/h1,5-9H2,2-4H3. The Morgan fingerprint density at radius 1 is 1.38 bits per heavy atom. The summed E-state index contributed by atoms with van der Waals surface area (Å²) in [6.45, 7) is 13.7. The monoisotopic (exact) mass is 179 g/mol. The minimum atomic E-state index is 0.406. The normalized spacial score (nSPS) is 35.5. The Morgan fingerprint density at radius 2 is 2.08 bits per heavy atom. The van der Waals surface area contributed by atoms with Crippen LogP contribution in [-0.4, -0.2) is 23.5 Å². The summed E-state index contributed by atoms with van der Waals surface area (Å²) in [5.41, 5.74) is 2.29. The fourth-order valence-corrected chi connectivity index (χ4v) is 3.22. The van der Waals surface area contributed by atoms with Crippen LogP contribution in [-0.2, 0) is 0 Å². The molecule has 1 atom stereocenters. The maximum Gasteiger partial charge on any atom is 0.0299 e. The lowest BCUT2D eigenvalue weighted by molar-refractivity contribution is 0.0644. The molecule has 0 N–H and O–H groups in total. The summed E-state index contributed by atoms with van der Waals surface area (Å²) < 4.78 is 0. The molecule has 1 heteroatoms. The van der Waals surface area contributed by atoms with E-state index in [1.54, 1.807) is 0 Å². The molecule has 2 fully saturated rings. The van der Waals surface area contributed by atoms with E-state index in [2.05, 4.69) is 32.3 Å². The fraction of sp³-hybridized carbons (Fsp3) is 0.833. The van der Waals surface area contributed by atoms with Crippen molar-refractivity contribution < 1.29 is 0 Å². The molecular formula is C12H21N. The van der Waals surface area contributed by atoms with Crippen LogP contribution in [0.1, 0.15) is 40.0 Å². The molecule has 74 valence electrons. The Balaban J connectivity index is 2.33. The smallest absolute Gasteiger partial charge is 0.0299 e. The van der Waals surface area contributed by atoms with Crippen molar-refractivity contribution in [3.05, 3.63) is 12.2 Å². The summed E-state index contributed by atoms with van der Waals surface area (Å²) in [6.07, 6.45) is 3.98. The summed E-state index contributed by atoms with van der Waals surface area (Å²) in [7, 11) is 0. The van der Waals surface area contributed by atoms with E-state index in [1.165, 1.54) is 31.4 Å². The molecule has 0 bridgehead atoms. The number of rotatable bonds is 0. The highest BCUT2D eigenvalue weighted by atomic mass is 15.3. The zero-order chi connectivity index (χ0) is 9.69. The lowest BCUT2D eigenvalue weighted by atomic mass is 9.71. The maximum absolute atomic E-state index is 4.15. The zero-order valence-electron chi connectivity index (χ0n) is 9.19. The van der Waals surface area contributed by atoms with Crippen molar-refractivity contribution in [3.63, 3.8) is 0 Å². The number of hydrogen-bond acceptors (Lipinski definition) is 1. The van der Waals surface area contributed by atoms with Gasteiger partial charge in [0.1, 0.15) is 0 Å². The minimum absolute atomic E-state index is 0.406. The largest absolute Gasteiger partial charge is 0.293 e. The van der Waals surface area contributed by atoms with Crippen molar-refractivity contribution >= 4 is 0 Å². The first-order valence-corrected chi connectivity index (χ1v) is 5.37. The zero-order valence-corrected chi connectivity index (χ0v) is 9.19. The molecule has 0 radical (unpaired) electrons. The van der Waals surface area contributed by atoms with Gasteiger partial charge in [0.25, 0.3) is 0 Å². The van der Waals surface area contributed by atoms with Crippen molar-refractivity contribution in [1.82, 2.24) is 4.90 Å². The first-order valence-electron chi connectivity index (χ1n) is 5.37. The van der Waals surface area contributed by atoms with E-state index < -0.39 is 0 Å². The Morgan fingerprint density at radius 3 is 2.62 bits per heavy atom. The van der Waals surface area contributed by atoms with Gasteiger partial charge in [-0.25, -0.2) is 0 Å². The first-order chi connectivity index (χ1) is 5.96. The van der Waals surface area contributed by atoms with Gasteiger partial charge in [-0.15, -0.1) is 0 Å². The number of fused-ring (bicyclic) bond motifs is 1. The van der Waals surface area contributed by atoms with Gasteiger partial charge >= 0.3 is 0 Å². The second-order valence-electron chi connectivity index (χ2n) is 5.73. The summed E-state index contributed by atoms with van der Waals surface area (Å²) in [6, 6.07) is 0. The summed E-state index contributed by atoms with van der Waals surface area (Å²) >= 11 is 0. The van der Waals surface area contributed by atoms with E-state index >= 15 is 0 Å². The molecule has 1 unspecified atom stereocenters. The number of nitrogens with zero attached hydrogens (tertiary/aromatic N) is 1. The highest BCUT2D eigenvalue weighted by molar-refractivity contribution is 5.20. The minimum Gasteiger partial charge on any atom is -0.293 e. The molecule has 0 saturated carbocycles. The average Bonchev–Trinajstić information content (AvgIpc) is 2.40. The molecule has 1 nitrogen and oxygen atoms in total. The van der Waals surface area contributed by atoms with Gasteiger partial charge in [0.05, 0.1) is 0 Å². The van der Waals surface area contributed by atoms with Gasteiger partial charge in [0.2, 0.25) is 0 Å². The highest BCUT2D eigenvalue weighted by Crippen LogP contribution is 2.51. The maximum atomic E-state index is 4.15. The average molecular weight is 179 g/mol. The lowest BCUT2D eigenvalue weighted by Gasteiger charge is -2.44. The Hall–Kier alpha value is -0.300. The van der Waals surface area contributed by atoms with Gasteiger partial charge in [-0.3, -0.25) is 4.90 Å². The van der Waals surface area contributed by atoms with Gasteiger partial charge in [-0.05, 0) is 31.2 Å². The third-order valence-electron chi connectivity index (χ3n) is 3.98. The van der Waals surface area contributed by atoms with Crippen LogP contribution in [0.3, 0.4) is 0 Å². The van der Waals surface area contributed by atoms with Crippen LogP contribution in [0, 0.1) is 5.41 Å². The van der Waals surface area contributed by atoms with E-state index in [0.717, 1.165) is 6.54 Å². The molecule has 2 aliphatic rings. The van der Waals surface area contributed by atoms with Crippen molar-refractivity contribution in [2.24, 2.45) is 5.41 Å². The number of hydrogen-bond donors (Lipinski definition) is 0. The first kappa shape index (κ1) is 9.26. The molecule has 0 aromatic heterocycles. The molecule has 2 heterocycles. The van der Waals surface area contributed by atoms with Crippen LogP contribution in [0.4, 0.5) is 0 Å². The second kappa shape index (κ2) is 2.60. The third kappa shape index (κ3) is 1.17. The Bertz CT molecular complexity index is 236. The summed E-state index contributed by atoms with van der Waals surface area (Å²) in [4.78, 5) is 2.66. The van der Waals surface area contributed by atoms with Crippen molar-refractivity contribution in [2.45, 2.75) is 45.6 Å².